The number of hydrogen-bond acceptors (Lipinski definition) is 4. The molecule has 0 heterocycles. The van der Waals surface area contributed by atoms with Crippen molar-refractivity contribution in [1.29, 1.82) is 0 Å². The molecule has 0 aromatic rings. The molecule has 6 N–H and O–H groups in total. The standard InChI is InChI=1S/C4H7NO3.C2H8N2/c1-3(6)5-2-4(7)8;3-1-2-4/h2H2,1H3,(H,5,6)(H,7,8);1-4H2. The second kappa shape index (κ2) is 9.86. The van der Waals surface area contributed by atoms with E-state index < -0.39 is 5.97 Å². The van der Waals surface area contributed by atoms with E-state index in [9.17, 15) is 9.59 Å². The number of carbonyl (C=O) groups excluding carboxylic acids is 1. The van der Waals surface area contributed by atoms with Crippen molar-refractivity contribution in [3.63, 3.8) is 0 Å². The molecule has 0 aromatic heterocycles. The Labute approximate surface area is 70.9 Å². The van der Waals surface area contributed by atoms with Crippen molar-refractivity contribution >= 4 is 11.9 Å². The van der Waals surface area contributed by atoms with E-state index in [2.05, 4.69) is 5.32 Å². The van der Waals surface area contributed by atoms with Crippen molar-refractivity contribution < 1.29 is 14.7 Å². The summed E-state index contributed by atoms with van der Waals surface area (Å²) in [5, 5.41) is 10.1. The minimum atomic E-state index is -1.03. The summed E-state index contributed by atoms with van der Waals surface area (Å²) in [7, 11) is 0. The lowest BCUT2D eigenvalue weighted by Gasteiger charge is -1.92. The molecule has 0 unspecified atom stereocenters. The molecule has 12 heavy (non-hydrogen) atoms. The Balaban J connectivity index is 0. The van der Waals surface area contributed by atoms with Crippen LogP contribution in [0.3, 0.4) is 0 Å². The van der Waals surface area contributed by atoms with Gasteiger partial charge in [-0.1, -0.05) is 0 Å². The van der Waals surface area contributed by atoms with Crippen LogP contribution in [0.4, 0.5) is 0 Å². The van der Waals surface area contributed by atoms with E-state index in [1.54, 1.807) is 0 Å². The van der Waals surface area contributed by atoms with E-state index in [1.807, 2.05) is 0 Å². The second-order valence-corrected chi connectivity index (χ2v) is 1.88. The van der Waals surface area contributed by atoms with Gasteiger partial charge in [0.1, 0.15) is 6.54 Å². The summed E-state index contributed by atoms with van der Waals surface area (Å²) >= 11 is 0. The van der Waals surface area contributed by atoms with E-state index in [0.29, 0.717) is 13.1 Å². The molecule has 0 aromatic carbocycles. The first kappa shape index (κ1) is 13.4. The van der Waals surface area contributed by atoms with Gasteiger partial charge in [0.05, 0.1) is 0 Å². The van der Waals surface area contributed by atoms with Crippen molar-refractivity contribution in [2.24, 2.45) is 11.5 Å². The number of carboxylic acids is 1. The Kier molecular flexibility index (Phi) is 11.1. The molecule has 0 aliphatic heterocycles. The molecule has 6 nitrogen and oxygen atoms in total. The summed E-state index contributed by atoms with van der Waals surface area (Å²) in [5.41, 5.74) is 9.81. The van der Waals surface area contributed by atoms with Crippen LogP contribution in [0.2, 0.25) is 0 Å². The summed E-state index contributed by atoms with van der Waals surface area (Å²) in [6.07, 6.45) is 0. The van der Waals surface area contributed by atoms with Gasteiger partial charge in [-0.05, 0) is 0 Å². The summed E-state index contributed by atoms with van der Waals surface area (Å²) in [5.74, 6) is -1.35. The zero-order chi connectivity index (χ0) is 9.98. The Morgan fingerprint density at radius 1 is 1.33 bits per heavy atom. The SMILES string of the molecule is CC(=O)NCC(=O)O.NCCN. The highest BCUT2D eigenvalue weighted by Crippen LogP contribution is 1.60. The van der Waals surface area contributed by atoms with Crippen LogP contribution in [-0.2, 0) is 9.59 Å². The van der Waals surface area contributed by atoms with Gasteiger partial charge < -0.3 is 21.9 Å². The Morgan fingerprint density at radius 3 is 1.83 bits per heavy atom. The van der Waals surface area contributed by atoms with Crippen molar-refractivity contribution in [3.8, 4) is 0 Å². The van der Waals surface area contributed by atoms with Crippen molar-refractivity contribution in [2.75, 3.05) is 19.6 Å². The molecule has 72 valence electrons. The number of amides is 1. The third-order valence-electron chi connectivity index (χ3n) is 0.655. The second-order valence-electron chi connectivity index (χ2n) is 1.88. The Bertz CT molecular complexity index is 122. The van der Waals surface area contributed by atoms with Gasteiger partial charge in [-0.15, -0.1) is 0 Å². The number of nitrogens with two attached hydrogens (primary N) is 2. The van der Waals surface area contributed by atoms with E-state index in [0.717, 1.165) is 0 Å². The molecule has 0 fully saturated rings. The number of nitrogens with one attached hydrogen (secondary N) is 1. The first-order chi connectivity index (χ1) is 5.54. The van der Waals surface area contributed by atoms with Crippen LogP contribution in [0.15, 0.2) is 0 Å². The van der Waals surface area contributed by atoms with Crippen LogP contribution in [-0.4, -0.2) is 36.6 Å². The molecule has 0 bridgehead atoms. The topological polar surface area (TPSA) is 118 Å². The maximum atomic E-state index is 9.97. The van der Waals surface area contributed by atoms with E-state index in [1.165, 1.54) is 6.92 Å². The zero-order valence-electron chi connectivity index (χ0n) is 7.04. The summed E-state index contributed by atoms with van der Waals surface area (Å²) in [6, 6.07) is 0. The average molecular weight is 177 g/mol. The largest absolute Gasteiger partial charge is 0.480 e. The summed E-state index contributed by atoms with van der Waals surface area (Å²) < 4.78 is 0. The highest BCUT2D eigenvalue weighted by atomic mass is 16.4. The maximum Gasteiger partial charge on any atom is 0.322 e. The monoisotopic (exact) mass is 177 g/mol. The van der Waals surface area contributed by atoms with Crippen LogP contribution in [0.1, 0.15) is 6.92 Å². The summed E-state index contributed by atoms with van der Waals surface area (Å²) in [6.45, 7) is 2.16. The lowest BCUT2D eigenvalue weighted by atomic mass is 10.6. The van der Waals surface area contributed by atoms with Crippen LogP contribution in [0.25, 0.3) is 0 Å². The molecular formula is C6H15N3O3. The van der Waals surface area contributed by atoms with Gasteiger partial charge in [0, 0.05) is 20.0 Å². The van der Waals surface area contributed by atoms with Gasteiger partial charge in [0.2, 0.25) is 5.91 Å². The van der Waals surface area contributed by atoms with Crippen LogP contribution < -0.4 is 16.8 Å². The van der Waals surface area contributed by atoms with Gasteiger partial charge in [-0.25, -0.2) is 0 Å². The molecule has 0 radical (unpaired) electrons. The molecule has 0 saturated heterocycles. The normalized spacial score (nSPS) is 7.92. The van der Waals surface area contributed by atoms with Crippen LogP contribution in [0.5, 0.6) is 0 Å². The molecule has 0 spiro atoms. The number of hydrogen-bond donors (Lipinski definition) is 4. The Hall–Kier alpha value is -1.14. The van der Waals surface area contributed by atoms with Gasteiger partial charge >= 0.3 is 5.97 Å². The van der Waals surface area contributed by atoms with Gasteiger partial charge in [-0.2, -0.15) is 0 Å². The molecule has 0 atom stereocenters. The summed E-state index contributed by atoms with van der Waals surface area (Å²) in [4.78, 5) is 19.7. The molecule has 6 heteroatoms. The van der Waals surface area contributed by atoms with Crippen molar-refractivity contribution in [1.82, 2.24) is 5.32 Å². The molecule has 0 aliphatic rings. The fourth-order valence-electron chi connectivity index (χ4n) is 0.200. The molecule has 0 rings (SSSR count). The third-order valence-corrected chi connectivity index (χ3v) is 0.655. The van der Waals surface area contributed by atoms with Crippen molar-refractivity contribution in [3.05, 3.63) is 0 Å². The lowest BCUT2D eigenvalue weighted by Crippen LogP contribution is -2.26. The molecular weight excluding hydrogens is 162 g/mol. The third kappa shape index (κ3) is 23.2. The quantitative estimate of drug-likeness (QED) is 0.402. The minimum Gasteiger partial charge on any atom is -0.480 e. The zero-order valence-corrected chi connectivity index (χ0v) is 7.04. The predicted octanol–water partition coefficient (Wildman–Crippen LogP) is -1.89. The fraction of sp³-hybridized carbons (Fsp3) is 0.667. The van der Waals surface area contributed by atoms with E-state index in [-0.39, 0.29) is 12.5 Å². The first-order valence-electron chi connectivity index (χ1n) is 3.41. The Morgan fingerprint density at radius 2 is 1.75 bits per heavy atom. The van der Waals surface area contributed by atoms with Gasteiger partial charge in [0.15, 0.2) is 0 Å². The van der Waals surface area contributed by atoms with Gasteiger partial charge in [0.25, 0.3) is 0 Å². The molecule has 0 saturated carbocycles. The average Bonchev–Trinajstić information content (AvgIpc) is 2.01. The first-order valence-corrected chi connectivity index (χ1v) is 3.41. The number of carboxylic acid groups (broad SMARTS) is 1. The van der Waals surface area contributed by atoms with E-state index >= 15 is 0 Å². The number of aliphatic carboxylic acids is 1. The molecule has 0 aliphatic carbocycles. The smallest absolute Gasteiger partial charge is 0.322 e. The van der Waals surface area contributed by atoms with Crippen LogP contribution >= 0.6 is 0 Å². The van der Waals surface area contributed by atoms with Gasteiger partial charge in [-0.3, -0.25) is 9.59 Å². The highest BCUT2D eigenvalue weighted by Gasteiger charge is 1.94. The maximum absolute atomic E-state index is 9.97. The van der Waals surface area contributed by atoms with Crippen LogP contribution in [0, 0.1) is 0 Å². The number of carbonyl (C=O) groups is 2. The number of rotatable bonds is 3. The predicted molar refractivity (Wildman–Crippen MR) is 44.4 cm³/mol. The highest BCUT2D eigenvalue weighted by molar-refractivity contribution is 5.79. The lowest BCUT2D eigenvalue weighted by molar-refractivity contribution is -0.137. The minimum absolute atomic E-state index is 0.296. The molecule has 1 amide bonds. The fourth-order valence-corrected chi connectivity index (χ4v) is 0.200. The van der Waals surface area contributed by atoms with E-state index in [4.69, 9.17) is 16.6 Å². The van der Waals surface area contributed by atoms with Crippen molar-refractivity contribution in [2.45, 2.75) is 6.92 Å².